The summed E-state index contributed by atoms with van der Waals surface area (Å²) >= 11 is 5.52. The summed E-state index contributed by atoms with van der Waals surface area (Å²) in [6, 6.07) is 8.31. The molecule has 0 amide bonds. The monoisotopic (exact) mass is 355 g/mol. The van der Waals surface area contributed by atoms with Crippen molar-refractivity contribution in [1.29, 1.82) is 0 Å². The van der Waals surface area contributed by atoms with E-state index in [1.54, 1.807) is 0 Å². The van der Waals surface area contributed by atoms with Crippen LogP contribution in [0.15, 0.2) is 33.7 Å². The van der Waals surface area contributed by atoms with Gasteiger partial charge in [0, 0.05) is 22.8 Å². The van der Waals surface area contributed by atoms with Gasteiger partial charge in [0.2, 0.25) is 0 Å². The molecule has 0 spiro atoms. The summed E-state index contributed by atoms with van der Waals surface area (Å²) in [5.74, 6) is 2.22. The van der Waals surface area contributed by atoms with Crippen LogP contribution in [0.25, 0.3) is 0 Å². The Kier molecular flexibility index (Phi) is 6.73. The Bertz CT molecular complexity index is 427. The maximum atomic E-state index is 4.64. The lowest BCUT2D eigenvalue weighted by molar-refractivity contribution is 0.727. The van der Waals surface area contributed by atoms with E-state index in [9.17, 15) is 0 Å². The van der Waals surface area contributed by atoms with Crippen LogP contribution < -0.4 is 10.6 Å². The molecule has 2 N–H and O–H groups in total. The minimum absolute atomic E-state index is 0.709. The van der Waals surface area contributed by atoms with E-state index in [0.29, 0.717) is 6.54 Å². The summed E-state index contributed by atoms with van der Waals surface area (Å²) in [6.45, 7) is 4.71. The Labute approximate surface area is 134 Å². The highest BCUT2D eigenvalue weighted by Crippen LogP contribution is 2.25. The number of hydrogen-bond acceptors (Lipinski definition) is 2. The molecule has 1 atom stereocenters. The highest BCUT2D eigenvalue weighted by Gasteiger charge is 2.15. The number of aliphatic imine (C=N–C) groups is 1. The van der Waals surface area contributed by atoms with E-state index in [0.717, 1.165) is 28.8 Å². The SMILES string of the molecule is CCNC(=NCc1ccc(Br)cc1)NCC1CCCS1. The predicted octanol–water partition coefficient (Wildman–Crippen LogP) is 3.40. The zero-order chi connectivity index (χ0) is 14.2. The highest BCUT2D eigenvalue weighted by atomic mass is 79.9. The third kappa shape index (κ3) is 5.37. The number of hydrogen-bond donors (Lipinski definition) is 2. The van der Waals surface area contributed by atoms with Crippen LogP contribution in [0, 0.1) is 0 Å². The van der Waals surface area contributed by atoms with Crippen molar-refractivity contribution in [2.24, 2.45) is 4.99 Å². The van der Waals surface area contributed by atoms with E-state index < -0.39 is 0 Å². The average Bonchev–Trinajstić information content (AvgIpc) is 2.97. The van der Waals surface area contributed by atoms with Crippen LogP contribution in [0.2, 0.25) is 0 Å². The molecule has 1 aliphatic rings. The molecule has 0 aliphatic carbocycles. The van der Waals surface area contributed by atoms with Crippen molar-refractivity contribution in [1.82, 2.24) is 10.6 Å². The first-order valence-electron chi connectivity index (χ1n) is 7.16. The number of guanidine groups is 1. The lowest BCUT2D eigenvalue weighted by Gasteiger charge is -2.14. The second-order valence-corrected chi connectivity index (χ2v) is 7.16. The first-order chi connectivity index (χ1) is 9.78. The van der Waals surface area contributed by atoms with Crippen LogP contribution in [0.1, 0.15) is 25.3 Å². The molecule has 2 rings (SSSR count). The van der Waals surface area contributed by atoms with Gasteiger partial charge < -0.3 is 10.6 Å². The first kappa shape index (κ1) is 15.7. The molecule has 1 fully saturated rings. The van der Waals surface area contributed by atoms with Gasteiger partial charge in [0.1, 0.15) is 0 Å². The molecular formula is C15H22BrN3S. The quantitative estimate of drug-likeness (QED) is 0.627. The van der Waals surface area contributed by atoms with Gasteiger partial charge in [0.25, 0.3) is 0 Å². The van der Waals surface area contributed by atoms with E-state index in [4.69, 9.17) is 0 Å². The summed E-state index contributed by atoms with van der Waals surface area (Å²) in [5.41, 5.74) is 1.22. The largest absolute Gasteiger partial charge is 0.357 e. The molecule has 3 nitrogen and oxygen atoms in total. The van der Waals surface area contributed by atoms with Crippen LogP contribution in [0.4, 0.5) is 0 Å². The Balaban J connectivity index is 1.85. The standard InChI is InChI=1S/C15H22BrN3S/c1-2-17-15(19-11-14-4-3-9-20-14)18-10-12-5-7-13(16)8-6-12/h5-8,14H,2-4,9-11H2,1H3,(H2,17,18,19). The highest BCUT2D eigenvalue weighted by molar-refractivity contribution is 9.10. The number of halogens is 1. The van der Waals surface area contributed by atoms with Crippen LogP contribution in [0.5, 0.6) is 0 Å². The zero-order valence-corrected chi connectivity index (χ0v) is 14.3. The van der Waals surface area contributed by atoms with Crippen molar-refractivity contribution in [3.8, 4) is 0 Å². The Morgan fingerprint density at radius 3 is 2.80 bits per heavy atom. The van der Waals surface area contributed by atoms with Crippen molar-refractivity contribution in [3.63, 3.8) is 0 Å². The van der Waals surface area contributed by atoms with Gasteiger partial charge >= 0.3 is 0 Å². The Morgan fingerprint density at radius 2 is 2.15 bits per heavy atom. The number of thioether (sulfide) groups is 1. The predicted molar refractivity (Wildman–Crippen MR) is 92.4 cm³/mol. The average molecular weight is 356 g/mol. The lowest BCUT2D eigenvalue weighted by atomic mass is 10.2. The minimum atomic E-state index is 0.709. The van der Waals surface area contributed by atoms with Gasteiger partial charge in [-0.15, -0.1) is 0 Å². The van der Waals surface area contributed by atoms with Gasteiger partial charge in [0.15, 0.2) is 5.96 Å². The van der Waals surface area contributed by atoms with E-state index in [1.807, 2.05) is 0 Å². The molecule has 0 aromatic heterocycles. The molecule has 1 aromatic carbocycles. The van der Waals surface area contributed by atoms with E-state index >= 15 is 0 Å². The van der Waals surface area contributed by atoms with E-state index in [-0.39, 0.29) is 0 Å². The summed E-state index contributed by atoms with van der Waals surface area (Å²) < 4.78 is 1.11. The van der Waals surface area contributed by atoms with Crippen molar-refractivity contribution >= 4 is 33.7 Å². The van der Waals surface area contributed by atoms with Crippen molar-refractivity contribution < 1.29 is 0 Å². The maximum Gasteiger partial charge on any atom is 0.191 e. The second-order valence-electron chi connectivity index (χ2n) is 4.84. The molecule has 1 aromatic rings. The van der Waals surface area contributed by atoms with Gasteiger partial charge in [0.05, 0.1) is 6.54 Å². The molecule has 1 heterocycles. The molecule has 20 heavy (non-hydrogen) atoms. The molecule has 0 radical (unpaired) electrons. The fourth-order valence-corrected chi connectivity index (χ4v) is 3.58. The molecule has 1 unspecified atom stereocenters. The molecule has 5 heteroatoms. The summed E-state index contributed by atoms with van der Waals surface area (Å²) in [4.78, 5) is 4.64. The number of nitrogens with one attached hydrogen (secondary N) is 2. The van der Waals surface area contributed by atoms with Crippen molar-refractivity contribution in [2.75, 3.05) is 18.8 Å². The van der Waals surface area contributed by atoms with Crippen molar-refractivity contribution in [3.05, 3.63) is 34.3 Å². The Morgan fingerprint density at radius 1 is 1.35 bits per heavy atom. The summed E-state index contributed by atoms with van der Waals surface area (Å²) in [5, 5.41) is 7.50. The molecular weight excluding hydrogens is 334 g/mol. The topological polar surface area (TPSA) is 36.4 Å². The van der Waals surface area contributed by atoms with Crippen LogP contribution in [-0.4, -0.2) is 30.1 Å². The number of nitrogens with zero attached hydrogens (tertiary/aromatic N) is 1. The number of benzene rings is 1. The van der Waals surface area contributed by atoms with Crippen LogP contribution in [-0.2, 0) is 6.54 Å². The van der Waals surface area contributed by atoms with Crippen LogP contribution >= 0.6 is 27.7 Å². The first-order valence-corrected chi connectivity index (χ1v) is 9.00. The van der Waals surface area contributed by atoms with Gasteiger partial charge in [-0.3, -0.25) is 0 Å². The fraction of sp³-hybridized carbons (Fsp3) is 0.533. The van der Waals surface area contributed by atoms with Crippen molar-refractivity contribution in [2.45, 2.75) is 31.6 Å². The lowest BCUT2D eigenvalue weighted by Crippen LogP contribution is -2.40. The van der Waals surface area contributed by atoms with E-state index in [2.05, 4.69) is 74.5 Å². The molecule has 1 saturated heterocycles. The van der Waals surface area contributed by atoms with E-state index in [1.165, 1.54) is 24.2 Å². The van der Waals surface area contributed by atoms with Gasteiger partial charge in [-0.25, -0.2) is 4.99 Å². The van der Waals surface area contributed by atoms with Crippen LogP contribution in [0.3, 0.4) is 0 Å². The maximum absolute atomic E-state index is 4.64. The molecule has 0 bridgehead atoms. The summed E-state index contributed by atoms with van der Waals surface area (Å²) in [7, 11) is 0. The number of rotatable bonds is 5. The molecule has 110 valence electrons. The summed E-state index contributed by atoms with van der Waals surface area (Å²) in [6.07, 6.45) is 2.67. The van der Waals surface area contributed by atoms with Gasteiger partial charge in [-0.05, 0) is 43.2 Å². The third-order valence-electron chi connectivity index (χ3n) is 3.20. The smallest absolute Gasteiger partial charge is 0.191 e. The third-order valence-corrected chi connectivity index (χ3v) is 5.13. The Hall–Kier alpha value is -0.680. The normalized spacial score (nSPS) is 19.1. The van der Waals surface area contributed by atoms with Gasteiger partial charge in [-0.2, -0.15) is 11.8 Å². The molecule has 1 aliphatic heterocycles. The fourth-order valence-electron chi connectivity index (χ4n) is 2.12. The second kappa shape index (κ2) is 8.57. The van der Waals surface area contributed by atoms with Gasteiger partial charge in [-0.1, -0.05) is 28.1 Å². The minimum Gasteiger partial charge on any atom is -0.357 e. The zero-order valence-electron chi connectivity index (χ0n) is 11.9. The molecule has 0 saturated carbocycles.